The van der Waals surface area contributed by atoms with E-state index in [2.05, 4.69) is 12.4 Å². The van der Waals surface area contributed by atoms with Gasteiger partial charge in [0.2, 0.25) is 0 Å². The largest absolute Gasteiger partial charge is 0.350 e. The highest BCUT2D eigenvalue weighted by atomic mass is 16.7. The Balaban J connectivity index is 3.06. The highest BCUT2D eigenvalue weighted by Crippen LogP contribution is 2.12. The van der Waals surface area contributed by atoms with Crippen LogP contribution in [0.25, 0.3) is 0 Å². The monoisotopic (exact) mass is 312 g/mol. The van der Waals surface area contributed by atoms with Crippen LogP contribution >= 0.6 is 0 Å². The topological polar surface area (TPSA) is 40.4 Å². The van der Waals surface area contributed by atoms with Crippen LogP contribution in [0.15, 0.2) is 0 Å². The predicted octanol–water partition coefficient (Wildman–Crippen LogP) is 5.94. The Morgan fingerprint density at radius 1 is 0.682 bits per heavy atom. The van der Waals surface area contributed by atoms with Gasteiger partial charge in [-0.25, -0.2) is 0 Å². The van der Waals surface area contributed by atoms with Crippen molar-refractivity contribution in [2.75, 3.05) is 6.54 Å². The Labute approximate surface area is 138 Å². The molecule has 0 atom stereocenters. The van der Waals surface area contributed by atoms with Gasteiger partial charge >= 0.3 is 5.97 Å². The number of hydroxylamine groups is 1. The second kappa shape index (κ2) is 18.5. The van der Waals surface area contributed by atoms with Gasteiger partial charge in [0.05, 0.1) is 6.54 Å². The van der Waals surface area contributed by atoms with Gasteiger partial charge in [-0.1, -0.05) is 90.9 Å². The number of unbranched alkanes of at least 4 members (excludes halogenated alkanes) is 12. The molecule has 0 aliphatic rings. The van der Waals surface area contributed by atoms with Crippen LogP contribution in [-0.4, -0.2) is 12.5 Å². The number of carbonyl (C=O) groups is 1. The SMILES string of the molecule is CCCCCCCCCCCCCCCC(=O)O[N]CCC. The number of rotatable bonds is 17. The van der Waals surface area contributed by atoms with Gasteiger partial charge in [-0.15, -0.1) is 0 Å². The molecule has 0 aromatic carbocycles. The molecular formula is C19H38NO2. The molecule has 0 unspecified atom stereocenters. The first-order valence-electron chi connectivity index (χ1n) is 9.67. The Bertz CT molecular complexity index is 231. The average Bonchev–Trinajstić information content (AvgIpc) is 2.52. The van der Waals surface area contributed by atoms with Gasteiger partial charge < -0.3 is 4.84 Å². The van der Waals surface area contributed by atoms with Crippen molar-refractivity contribution < 1.29 is 9.63 Å². The third kappa shape index (κ3) is 17.5. The molecule has 22 heavy (non-hydrogen) atoms. The molecule has 0 amide bonds. The van der Waals surface area contributed by atoms with Crippen LogP contribution in [0.2, 0.25) is 0 Å². The quantitative estimate of drug-likeness (QED) is 0.246. The van der Waals surface area contributed by atoms with Crippen LogP contribution in [0.4, 0.5) is 0 Å². The van der Waals surface area contributed by atoms with Crippen LogP contribution in [0.5, 0.6) is 0 Å². The number of carbonyl (C=O) groups excluding carboxylic acids is 1. The van der Waals surface area contributed by atoms with Crippen LogP contribution in [0.3, 0.4) is 0 Å². The van der Waals surface area contributed by atoms with E-state index in [-0.39, 0.29) is 5.97 Å². The van der Waals surface area contributed by atoms with Crippen molar-refractivity contribution >= 4 is 5.97 Å². The molecule has 0 aromatic heterocycles. The summed E-state index contributed by atoms with van der Waals surface area (Å²) < 4.78 is 0. The lowest BCUT2D eigenvalue weighted by molar-refractivity contribution is -0.152. The van der Waals surface area contributed by atoms with Crippen molar-refractivity contribution in [3.05, 3.63) is 0 Å². The van der Waals surface area contributed by atoms with E-state index < -0.39 is 0 Å². The first-order chi connectivity index (χ1) is 10.8. The van der Waals surface area contributed by atoms with E-state index in [0.717, 1.165) is 19.3 Å². The Hall–Kier alpha value is -0.570. The Kier molecular flexibility index (Phi) is 18.0. The molecule has 0 rings (SSSR count). The molecule has 0 spiro atoms. The van der Waals surface area contributed by atoms with Crippen LogP contribution < -0.4 is 5.48 Å². The third-order valence-corrected chi connectivity index (χ3v) is 3.97. The van der Waals surface area contributed by atoms with Gasteiger partial charge in [0, 0.05) is 6.42 Å². The van der Waals surface area contributed by atoms with Gasteiger partial charge in [0.1, 0.15) is 0 Å². The maximum atomic E-state index is 11.3. The van der Waals surface area contributed by atoms with E-state index in [1.54, 1.807) is 0 Å². The fourth-order valence-electron chi connectivity index (χ4n) is 2.54. The van der Waals surface area contributed by atoms with E-state index >= 15 is 0 Å². The Morgan fingerprint density at radius 2 is 1.14 bits per heavy atom. The fraction of sp³-hybridized carbons (Fsp3) is 0.947. The molecule has 1 radical (unpaired) electrons. The molecule has 0 N–H and O–H groups in total. The minimum atomic E-state index is -0.170. The van der Waals surface area contributed by atoms with E-state index in [1.165, 1.54) is 70.6 Å². The summed E-state index contributed by atoms with van der Waals surface area (Å²) >= 11 is 0. The van der Waals surface area contributed by atoms with Crippen molar-refractivity contribution in [1.82, 2.24) is 5.48 Å². The zero-order valence-electron chi connectivity index (χ0n) is 15.1. The normalized spacial score (nSPS) is 10.8. The zero-order valence-corrected chi connectivity index (χ0v) is 15.1. The van der Waals surface area contributed by atoms with Crippen LogP contribution in [-0.2, 0) is 9.63 Å². The summed E-state index contributed by atoms with van der Waals surface area (Å²) in [5, 5.41) is 0. The molecule has 0 fully saturated rings. The van der Waals surface area contributed by atoms with E-state index in [9.17, 15) is 4.79 Å². The summed E-state index contributed by atoms with van der Waals surface area (Å²) in [6.45, 7) is 4.90. The number of nitrogens with zero attached hydrogens (tertiary/aromatic N) is 1. The van der Waals surface area contributed by atoms with E-state index in [1.807, 2.05) is 6.92 Å². The van der Waals surface area contributed by atoms with E-state index in [0.29, 0.717) is 13.0 Å². The molecule has 0 aliphatic heterocycles. The zero-order chi connectivity index (χ0) is 16.3. The van der Waals surface area contributed by atoms with Crippen LogP contribution in [0, 0.1) is 0 Å². The molecule has 131 valence electrons. The average molecular weight is 313 g/mol. The summed E-state index contributed by atoms with van der Waals surface area (Å²) in [6.07, 6.45) is 18.6. The van der Waals surface area contributed by atoms with Gasteiger partial charge in [0.25, 0.3) is 0 Å². The summed E-state index contributed by atoms with van der Waals surface area (Å²) in [5.74, 6) is -0.170. The van der Waals surface area contributed by atoms with E-state index in [4.69, 9.17) is 4.84 Å². The minimum Gasteiger partial charge on any atom is -0.350 e. The maximum absolute atomic E-state index is 11.3. The first-order valence-corrected chi connectivity index (χ1v) is 9.67. The second-order valence-corrected chi connectivity index (χ2v) is 6.31. The molecule has 0 aliphatic carbocycles. The predicted molar refractivity (Wildman–Crippen MR) is 93.7 cm³/mol. The maximum Gasteiger partial charge on any atom is 0.327 e. The summed E-state index contributed by atoms with van der Waals surface area (Å²) in [5.41, 5.74) is 3.72. The van der Waals surface area contributed by atoms with Crippen molar-refractivity contribution in [2.45, 2.75) is 110 Å². The number of hydrogen-bond donors (Lipinski definition) is 0. The molecule has 0 bridgehead atoms. The van der Waals surface area contributed by atoms with Gasteiger partial charge in [-0.05, 0) is 18.3 Å². The first kappa shape index (κ1) is 21.4. The smallest absolute Gasteiger partial charge is 0.327 e. The minimum absolute atomic E-state index is 0.170. The second-order valence-electron chi connectivity index (χ2n) is 6.31. The van der Waals surface area contributed by atoms with Gasteiger partial charge in [-0.2, -0.15) is 0 Å². The van der Waals surface area contributed by atoms with Crippen molar-refractivity contribution in [2.24, 2.45) is 0 Å². The highest BCUT2D eigenvalue weighted by molar-refractivity contribution is 5.68. The molecule has 3 nitrogen and oxygen atoms in total. The summed E-state index contributed by atoms with van der Waals surface area (Å²) in [7, 11) is 0. The summed E-state index contributed by atoms with van der Waals surface area (Å²) in [6, 6.07) is 0. The van der Waals surface area contributed by atoms with Gasteiger partial charge in [0.15, 0.2) is 0 Å². The molecule has 0 heterocycles. The fourth-order valence-corrected chi connectivity index (χ4v) is 2.54. The third-order valence-electron chi connectivity index (χ3n) is 3.97. The molecule has 0 saturated carbocycles. The van der Waals surface area contributed by atoms with Crippen molar-refractivity contribution in [3.63, 3.8) is 0 Å². The lowest BCUT2D eigenvalue weighted by Gasteiger charge is -2.03. The van der Waals surface area contributed by atoms with Crippen molar-refractivity contribution in [1.29, 1.82) is 0 Å². The Morgan fingerprint density at radius 3 is 1.59 bits per heavy atom. The number of hydrogen-bond acceptors (Lipinski definition) is 2. The lowest BCUT2D eigenvalue weighted by Crippen LogP contribution is -2.13. The molecule has 3 heteroatoms. The summed E-state index contributed by atoms with van der Waals surface area (Å²) in [4.78, 5) is 16.1. The van der Waals surface area contributed by atoms with Gasteiger partial charge in [-0.3, -0.25) is 4.79 Å². The van der Waals surface area contributed by atoms with Crippen LogP contribution in [0.1, 0.15) is 110 Å². The highest BCUT2D eigenvalue weighted by Gasteiger charge is 2.02. The van der Waals surface area contributed by atoms with Crippen molar-refractivity contribution in [3.8, 4) is 0 Å². The molecule has 0 saturated heterocycles. The molecule has 0 aromatic rings. The standard InChI is InChI=1S/C19H38NO2/c1-3-5-6-7-8-9-10-11-12-13-14-15-16-17-19(21)22-20-18-4-2/h3-18H2,1-2H3. The molecular weight excluding hydrogens is 274 g/mol. The lowest BCUT2D eigenvalue weighted by atomic mass is 10.0.